The van der Waals surface area contributed by atoms with Gasteiger partial charge in [-0.15, -0.1) is 0 Å². The number of carbonyl (C=O) groups excluding carboxylic acids is 1. The van der Waals surface area contributed by atoms with Crippen LogP contribution in [0.4, 0.5) is 11.4 Å². The lowest BCUT2D eigenvalue weighted by Gasteiger charge is -2.29. The molecule has 1 amide bonds. The van der Waals surface area contributed by atoms with E-state index in [2.05, 4.69) is 10.3 Å². The summed E-state index contributed by atoms with van der Waals surface area (Å²) in [5.74, 6) is 0.179. The number of fused-ring (bicyclic) bond motifs is 1. The van der Waals surface area contributed by atoms with Crippen molar-refractivity contribution >= 4 is 27.3 Å². The van der Waals surface area contributed by atoms with Crippen molar-refractivity contribution in [2.45, 2.75) is 0 Å². The Morgan fingerprint density at radius 1 is 1.26 bits per heavy atom. The molecule has 1 aliphatic heterocycles. The van der Waals surface area contributed by atoms with Gasteiger partial charge in [-0.2, -0.15) is 0 Å². The van der Waals surface area contributed by atoms with Crippen molar-refractivity contribution < 1.29 is 17.9 Å². The van der Waals surface area contributed by atoms with Crippen LogP contribution in [0.25, 0.3) is 0 Å². The number of nitrogens with zero attached hydrogens (tertiary/aromatic N) is 2. The fraction of sp³-hybridized carbons (Fsp3) is 0.200. The molecule has 23 heavy (non-hydrogen) atoms. The van der Waals surface area contributed by atoms with Crippen molar-refractivity contribution in [1.82, 2.24) is 4.98 Å². The van der Waals surface area contributed by atoms with Crippen LogP contribution in [-0.4, -0.2) is 38.7 Å². The van der Waals surface area contributed by atoms with E-state index < -0.39 is 10.0 Å². The number of carbonyl (C=O) groups is 1. The highest BCUT2D eigenvalue weighted by atomic mass is 32.2. The zero-order valence-corrected chi connectivity index (χ0v) is 13.2. The van der Waals surface area contributed by atoms with Crippen LogP contribution in [0.15, 0.2) is 42.7 Å². The molecular weight excluding hydrogens is 318 g/mol. The number of hydrogen-bond donors (Lipinski definition) is 1. The number of pyridine rings is 1. The Hall–Kier alpha value is -2.61. The molecule has 0 spiro atoms. The van der Waals surface area contributed by atoms with Crippen LogP contribution < -0.4 is 14.4 Å². The maximum atomic E-state index is 12.2. The second-order valence-corrected chi connectivity index (χ2v) is 6.96. The highest BCUT2D eigenvalue weighted by molar-refractivity contribution is 7.92. The second kappa shape index (κ2) is 5.88. The summed E-state index contributed by atoms with van der Waals surface area (Å²) in [4.78, 5) is 16.0. The van der Waals surface area contributed by atoms with E-state index in [4.69, 9.17) is 4.74 Å². The first kappa shape index (κ1) is 15.3. The molecule has 120 valence electrons. The number of hydrogen-bond acceptors (Lipinski definition) is 5. The van der Waals surface area contributed by atoms with Gasteiger partial charge in [-0.1, -0.05) is 0 Å². The predicted molar refractivity (Wildman–Crippen MR) is 86.3 cm³/mol. The maximum Gasteiger partial charge on any atom is 0.255 e. The minimum atomic E-state index is -3.40. The third kappa shape index (κ3) is 3.26. The van der Waals surface area contributed by atoms with Gasteiger partial charge in [0.15, 0.2) is 0 Å². The largest absolute Gasteiger partial charge is 0.489 e. The molecule has 0 bridgehead atoms. The molecule has 1 aromatic heterocycles. The summed E-state index contributed by atoms with van der Waals surface area (Å²) >= 11 is 0. The van der Waals surface area contributed by atoms with E-state index in [-0.39, 0.29) is 12.5 Å². The lowest BCUT2D eigenvalue weighted by Crippen LogP contribution is -2.37. The Bertz CT molecular complexity index is 837. The molecule has 1 aromatic carbocycles. The SMILES string of the molecule is CS(=O)(=O)N1CCOc2ccc(NC(=O)c3ccncc3)cc21. The van der Waals surface area contributed by atoms with Crippen molar-refractivity contribution in [3.05, 3.63) is 48.3 Å². The van der Waals surface area contributed by atoms with Gasteiger partial charge in [0.05, 0.1) is 18.5 Å². The van der Waals surface area contributed by atoms with Crippen molar-refractivity contribution in [2.75, 3.05) is 29.0 Å². The molecule has 3 rings (SSSR count). The number of anilines is 2. The summed E-state index contributed by atoms with van der Waals surface area (Å²) in [5, 5.41) is 2.74. The lowest BCUT2D eigenvalue weighted by atomic mass is 10.2. The van der Waals surface area contributed by atoms with Gasteiger partial charge >= 0.3 is 0 Å². The highest BCUT2D eigenvalue weighted by Crippen LogP contribution is 2.35. The zero-order chi connectivity index (χ0) is 16.4. The average Bonchev–Trinajstić information content (AvgIpc) is 2.54. The lowest BCUT2D eigenvalue weighted by molar-refractivity contribution is 0.102. The summed E-state index contributed by atoms with van der Waals surface area (Å²) in [7, 11) is -3.40. The molecule has 1 N–H and O–H groups in total. The number of rotatable bonds is 3. The second-order valence-electron chi connectivity index (χ2n) is 5.06. The van der Waals surface area contributed by atoms with Crippen LogP contribution in [-0.2, 0) is 10.0 Å². The first-order chi connectivity index (χ1) is 10.9. The summed E-state index contributed by atoms with van der Waals surface area (Å²) in [5.41, 5.74) is 1.38. The molecule has 0 saturated carbocycles. The van der Waals surface area contributed by atoms with E-state index in [0.29, 0.717) is 29.3 Å². The standard InChI is InChI=1S/C15H15N3O4S/c1-23(20,21)18-8-9-22-14-3-2-12(10-13(14)18)17-15(19)11-4-6-16-7-5-11/h2-7,10H,8-9H2,1H3,(H,17,19). The molecule has 2 heterocycles. The van der Waals surface area contributed by atoms with Gasteiger partial charge in [0.1, 0.15) is 12.4 Å². The molecule has 0 aliphatic carbocycles. The first-order valence-electron chi connectivity index (χ1n) is 6.91. The smallest absolute Gasteiger partial charge is 0.255 e. The number of benzene rings is 1. The number of ether oxygens (including phenoxy) is 1. The summed E-state index contributed by atoms with van der Waals surface area (Å²) < 4.78 is 30.5. The quantitative estimate of drug-likeness (QED) is 0.919. The van der Waals surface area contributed by atoms with E-state index in [9.17, 15) is 13.2 Å². The molecule has 0 radical (unpaired) electrons. The van der Waals surface area contributed by atoms with Crippen LogP contribution in [0.2, 0.25) is 0 Å². The number of aromatic nitrogens is 1. The van der Waals surface area contributed by atoms with Crippen molar-refractivity contribution in [1.29, 1.82) is 0 Å². The van der Waals surface area contributed by atoms with Gasteiger partial charge in [-0.25, -0.2) is 8.42 Å². The van der Waals surface area contributed by atoms with Crippen LogP contribution in [0, 0.1) is 0 Å². The molecule has 2 aromatic rings. The normalized spacial score (nSPS) is 13.9. The van der Waals surface area contributed by atoms with Crippen LogP contribution >= 0.6 is 0 Å². The molecule has 0 unspecified atom stereocenters. The fourth-order valence-corrected chi connectivity index (χ4v) is 3.23. The maximum absolute atomic E-state index is 12.2. The van der Waals surface area contributed by atoms with Crippen LogP contribution in [0.5, 0.6) is 5.75 Å². The van der Waals surface area contributed by atoms with E-state index in [0.717, 1.165) is 6.26 Å². The van der Waals surface area contributed by atoms with E-state index in [1.54, 1.807) is 30.3 Å². The number of nitrogens with one attached hydrogen (secondary N) is 1. The van der Waals surface area contributed by atoms with E-state index in [1.165, 1.54) is 16.7 Å². The number of sulfonamides is 1. The van der Waals surface area contributed by atoms with Crippen molar-refractivity contribution in [2.24, 2.45) is 0 Å². The topological polar surface area (TPSA) is 88.6 Å². The Morgan fingerprint density at radius 3 is 2.70 bits per heavy atom. The summed E-state index contributed by atoms with van der Waals surface area (Å²) in [6.07, 6.45) is 4.20. The Kier molecular flexibility index (Phi) is 3.91. The minimum Gasteiger partial charge on any atom is -0.489 e. The minimum absolute atomic E-state index is 0.244. The monoisotopic (exact) mass is 333 g/mol. The fourth-order valence-electron chi connectivity index (χ4n) is 2.32. The van der Waals surface area contributed by atoms with Gasteiger partial charge in [0.2, 0.25) is 10.0 Å². The van der Waals surface area contributed by atoms with Crippen molar-refractivity contribution in [3.8, 4) is 5.75 Å². The average molecular weight is 333 g/mol. The zero-order valence-electron chi connectivity index (χ0n) is 12.4. The Balaban J connectivity index is 1.90. The van der Waals surface area contributed by atoms with Gasteiger partial charge < -0.3 is 10.1 Å². The van der Waals surface area contributed by atoms with Crippen LogP contribution in [0.3, 0.4) is 0 Å². The first-order valence-corrected chi connectivity index (χ1v) is 8.76. The Labute approximate surface area is 134 Å². The van der Waals surface area contributed by atoms with Gasteiger partial charge in [0.25, 0.3) is 5.91 Å². The molecule has 0 saturated heterocycles. The number of amides is 1. The summed E-state index contributed by atoms with van der Waals surface area (Å²) in [6, 6.07) is 8.10. The van der Waals surface area contributed by atoms with E-state index in [1.807, 2.05) is 0 Å². The van der Waals surface area contributed by atoms with Gasteiger partial charge in [0, 0.05) is 23.6 Å². The molecule has 1 aliphatic rings. The van der Waals surface area contributed by atoms with Crippen molar-refractivity contribution in [3.63, 3.8) is 0 Å². The molecule has 8 heteroatoms. The molecular formula is C15H15N3O4S. The summed E-state index contributed by atoms with van der Waals surface area (Å²) in [6.45, 7) is 0.538. The Morgan fingerprint density at radius 2 is 2.00 bits per heavy atom. The molecule has 0 fully saturated rings. The van der Waals surface area contributed by atoms with E-state index >= 15 is 0 Å². The molecule has 0 atom stereocenters. The third-order valence-corrected chi connectivity index (χ3v) is 4.56. The van der Waals surface area contributed by atoms with Gasteiger partial charge in [-0.3, -0.25) is 14.1 Å². The van der Waals surface area contributed by atoms with Crippen LogP contribution in [0.1, 0.15) is 10.4 Å². The predicted octanol–water partition coefficient (Wildman–Crippen LogP) is 1.49. The highest BCUT2D eigenvalue weighted by Gasteiger charge is 2.25. The molecule has 7 nitrogen and oxygen atoms in total. The third-order valence-electron chi connectivity index (χ3n) is 3.38. The van der Waals surface area contributed by atoms with Gasteiger partial charge in [-0.05, 0) is 30.3 Å².